The Hall–Kier alpha value is -2.78. The average Bonchev–Trinajstić information content (AvgIpc) is 3.48. The van der Waals surface area contributed by atoms with Crippen LogP contribution in [0.3, 0.4) is 0 Å². The number of unbranched alkanes of at least 4 members (excludes halogenated alkanes) is 1. The lowest BCUT2D eigenvalue weighted by atomic mass is 9.66. The molecule has 0 radical (unpaired) electrons. The second kappa shape index (κ2) is 11.5. The SMILES string of the molecule is C=CCCOC(=O)[C@H]1[C@H]2C(=O)N(CCCCO)C(C(=O)N(CC=C)c3ccc(OC)cc3)C23CC[C@]1(C)S3. The van der Waals surface area contributed by atoms with Gasteiger partial charge >= 0.3 is 5.97 Å². The predicted molar refractivity (Wildman–Crippen MR) is 148 cm³/mol. The van der Waals surface area contributed by atoms with E-state index in [0.717, 1.165) is 6.42 Å². The topological polar surface area (TPSA) is 96.4 Å². The van der Waals surface area contributed by atoms with Crippen LogP contribution in [0.5, 0.6) is 5.75 Å². The maximum atomic E-state index is 14.5. The molecule has 0 aliphatic carbocycles. The number of carbonyl (C=O) groups is 3. The largest absolute Gasteiger partial charge is 0.497 e. The van der Waals surface area contributed by atoms with Crippen molar-refractivity contribution in [3.63, 3.8) is 0 Å². The molecule has 2 amide bonds. The van der Waals surface area contributed by atoms with Gasteiger partial charge in [-0.1, -0.05) is 12.2 Å². The van der Waals surface area contributed by atoms with Crippen molar-refractivity contribution in [3.8, 4) is 5.75 Å². The first-order valence-electron chi connectivity index (χ1n) is 13.2. The molecule has 0 aromatic heterocycles. The third-order valence-corrected chi connectivity index (χ3v) is 10.1. The molecule has 1 aromatic carbocycles. The number of methoxy groups -OCH3 is 1. The summed E-state index contributed by atoms with van der Waals surface area (Å²) in [6.07, 6.45) is 6.38. The number of nitrogens with zero attached hydrogens (tertiary/aromatic N) is 2. The average molecular weight is 543 g/mol. The van der Waals surface area contributed by atoms with Crippen molar-refractivity contribution in [1.82, 2.24) is 4.90 Å². The Bertz CT molecular complexity index is 1080. The van der Waals surface area contributed by atoms with E-state index < -0.39 is 27.4 Å². The van der Waals surface area contributed by atoms with Crippen molar-refractivity contribution in [1.29, 1.82) is 0 Å². The highest BCUT2D eigenvalue weighted by Gasteiger charge is 2.77. The second-order valence-corrected chi connectivity index (χ2v) is 12.3. The van der Waals surface area contributed by atoms with Crippen LogP contribution in [-0.4, -0.2) is 76.7 Å². The fourth-order valence-electron chi connectivity index (χ4n) is 6.39. The highest BCUT2D eigenvalue weighted by molar-refractivity contribution is 8.02. The Morgan fingerprint density at radius 2 is 1.95 bits per heavy atom. The van der Waals surface area contributed by atoms with E-state index in [0.29, 0.717) is 43.7 Å². The Labute approximate surface area is 229 Å². The van der Waals surface area contributed by atoms with Crippen LogP contribution >= 0.6 is 11.8 Å². The van der Waals surface area contributed by atoms with Crippen molar-refractivity contribution in [2.24, 2.45) is 11.8 Å². The summed E-state index contributed by atoms with van der Waals surface area (Å²) in [5.41, 5.74) is 0.683. The van der Waals surface area contributed by atoms with Crippen LogP contribution in [0.15, 0.2) is 49.6 Å². The van der Waals surface area contributed by atoms with Crippen molar-refractivity contribution in [2.45, 2.75) is 54.6 Å². The summed E-state index contributed by atoms with van der Waals surface area (Å²) in [7, 11) is 1.59. The Kier molecular flexibility index (Phi) is 8.57. The predicted octanol–water partition coefficient (Wildman–Crippen LogP) is 3.59. The molecule has 3 saturated heterocycles. The first-order valence-corrected chi connectivity index (χ1v) is 14.0. The molecule has 9 heteroatoms. The zero-order chi connectivity index (χ0) is 27.5. The van der Waals surface area contributed by atoms with Gasteiger partial charge in [0.2, 0.25) is 5.91 Å². The number of esters is 1. The van der Waals surface area contributed by atoms with Gasteiger partial charge in [-0.25, -0.2) is 0 Å². The van der Waals surface area contributed by atoms with Gasteiger partial charge in [-0.2, -0.15) is 0 Å². The first kappa shape index (κ1) is 28.2. The van der Waals surface area contributed by atoms with Gasteiger partial charge in [0.15, 0.2) is 0 Å². The Morgan fingerprint density at radius 1 is 1.21 bits per heavy atom. The number of benzene rings is 1. The fourth-order valence-corrected chi connectivity index (χ4v) is 8.73. The number of rotatable bonds is 13. The van der Waals surface area contributed by atoms with Crippen molar-refractivity contribution < 1.29 is 29.0 Å². The van der Waals surface area contributed by atoms with E-state index in [9.17, 15) is 19.5 Å². The lowest BCUT2D eigenvalue weighted by molar-refractivity contribution is -0.155. The molecule has 3 fully saturated rings. The van der Waals surface area contributed by atoms with Gasteiger partial charge in [0.25, 0.3) is 5.91 Å². The number of aliphatic hydroxyl groups excluding tert-OH is 1. The normalized spacial score (nSPS) is 29.2. The molecule has 5 atom stereocenters. The molecule has 206 valence electrons. The smallest absolute Gasteiger partial charge is 0.311 e. The van der Waals surface area contributed by atoms with Crippen LogP contribution in [0.25, 0.3) is 0 Å². The van der Waals surface area contributed by atoms with Gasteiger partial charge < -0.3 is 24.4 Å². The number of thioether (sulfide) groups is 1. The third-order valence-electron chi connectivity index (χ3n) is 8.10. The van der Waals surface area contributed by atoms with Gasteiger partial charge in [-0.3, -0.25) is 14.4 Å². The minimum Gasteiger partial charge on any atom is -0.497 e. The minimum atomic E-state index is -0.737. The maximum absolute atomic E-state index is 14.5. The third kappa shape index (κ3) is 4.75. The molecule has 38 heavy (non-hydrogen) atoms. The molecule has 1 N–H and O–H groups in total. The number of ether oxygens (including phenoxy) is 2. The molecule has 4 rings (SSSR count). The molecule has 1 spiro atoms. The number of hydrogen-bond acceptors (Lipinski definition) is 7. The standard InChI is InChI=1S/C29H38N2O6S/c1-5-7-19-37-27(35)23-22-25(33)31(17-8-9-18-32)24(29(22)15-14-28(23,3)38-29)26(34)30(16-6-2)20-10-12-21(36-4)13-11-20/h5-6,10-13,22-24,32H,1-2,7-9,14-19H2,3-4H3/t22-,23+,24?,28-,29?/m0/s1. The Balaban J connectivity index is 1.73. The van der Waals surface area contributed by atoms with Gasteiger partial charge in [-0.15, -0.1) is 24.9 Å². The van der Waals surface area contributed by atoms with E-state index in [-0.39, 0.29) is 37.5 Å². The summed E-state index contributed by atoms with van der Waals surface area (Å²) in [5.74, 6) is -1.31. The number of amides is 2. The summed E-state index contributed by atoms with van der Waals surface area (Å²) in [5, 5.41) is 9.37. The van der Waals surface area contributed by atoms with Gasteiger partial charge in [-0.05, 0) is 63.3 Å². The quantitative estimate of drug-likeness (QED) is 0.231. The number of hydrogen-bond donors (Lipinski definition) is 1. The monoisotopic (exact) mass is 542 g/mol. The molecule has 1 aromatic rings. The Morgan fingerprint density at radius 3 is 2.58 bits per heavy atom. The molecular weight excluding hydrogens is 504 g/mol. The van der Waals surface area contributed by atoms with Gasteiger partial charge in [0.1, 0.15) is 11.8 Å². The lowest BCUT2D eigenvalue weighted by Gasteiger charge is -2.37. The molecule has 2 unspecified atom stereocenters. The molecule has 8 nitrogen and oxygen atoms in total. The van der Waals surface area contributed by atoms with Crippen molar-refractivity contribution in [2.75, 3.05) is 38.3 Å². The van der Waals surface area contributed by atoms with Gasteiger partial charge in [0.05, 0.1) is 30.3 Å². The molecular formula is C29H38N2O6S. The highest BCUT2D eigenvalue weighted by Crippen LogP contribution is 2.71. The minimum absolute atomic E-state index is 0.00866. The van der Waals surface area contributed by atoms with Crippen LogP contribution in [0, 0.1) is 11.8 Å². The van der Waals surface area contributed by atoms with E-state index in [1.807, 2.05) is 19.1 Å². The van der Waals surface area contributed by atoms with E-state index in [1.165, 1.54) is 0 Å². The molecule has 2 bridgehead atoms. The zero-order valence-corrected chi connectivity index (χ0v) is 23.1. The zero-order valence-electron chi connectivity index (χ0n) is 22.3. The summed E-state index contributed by atoms with van der Waals surface area (Å²) < 4.78 is 9.67. The first-order chi connectivity index (χ1) is 18.3. The summed E-state index contributed by atoms with van der Waals surface area (Å²) in [6.45, 7) is 10.4. The van der Waals surface area contributed by atoms with Crippen molar-refractivity contribution >= 4 is 35.2 Å². The molecule has 3 aliphatic rings. The lowest BCUT2D eigenvalue weighted by Crippen LogP contribution is -2.55. The summed E-state index contributed by atoms with van der Waals surface area (Å²) in [4.78, 5) is 45.2. The number of likely N-dealkylation sites (tertiary alicyclic amines) is 1. The fraction of sp³-hybridized carbons (Fsp3) is 0.552. The molecule has 3 heterocycles. The van der Waals surface area contributed by atoms with Crippen LogP contribution < -0.4 is 9.64 Å². The van der Waals surface area contributed by atoms with E-state index in [1.54, 1.807) is 53.0 Å². The number of anilines is 1. The number of carbonyl (C=O) groups excluding carboxylic acids is 3. The number of fused-ring (bicyclic) bond motifs is 1. The van der Waals surface area contributed by atoms with Crippen molar-refractivity contribution in [3.05, 3.63) is 49.6 Å². The van der Waals surface area contributed by atoms with Gasteiger partial charge in [0, 0.05) is 30.1 Å². The summed E-state index contributed by atoms with van der Waals surface area (Å²) in [6, 6.07) is 6.50. The summed E-state index contributed by atoms with van der Waals surface area (Å²) >= 11 is 1.62. The van der Waals surface area contributed by atoms with Crippen LogP contribution in [-0.2, 0) is 19.1 Å². The highest BCUT2D eigenvalue weighted by atomic mass is 32.2. The van der Waals surface area contributed by atoms with Crippen LogP contribution in [0.1, 0.15) is 39.0 Å². The van der Waals surface area contributed by atoms with Crippen LogP contribution in [0.2, 0.25) is 0 Å². The molecule has 0 saturated carbocycles. The van der Waals surface area contributed by atoms with Crippen LogP contribution in [0.4, 0.5) is 5.69 Å². The van der Waals surface area contributed by atoms with E-state index in [4.69, 9.17) is 9.47 Å². The second-order valence-electron chi connectivity index (χ2n) is 10.4. The number of aliphatic hydroxyl groups is 1. The van der Waals surface area contributed by atoms with E-state index >= 15 is 0 Å². The van der Waals surface area contributed by atoms with E-state index in [2.05, 4.69) is 13.2 Å². The molecule has 3 aliphatic heterocycles. The maximum Gasteiger partial charge on any atom is 0.311 e.